The quantitative estimate of drug-likeness (QED) is 0.797. The van der Waals surface area contributed by atoms with E-state index in [1.54, 1.807) is 12.3 Å². The Morgan fingerprint density at radius 1 is 1.30 bits per heavy atom. The molecular weight excluding hydrogens is 349 g/mol. The molecule has 0 fully saturated rings. The highest BCUT2D eigenvalue weighted by molar-refractivity contribution is 7.99. The van der Waals surface area contributed by atoms with Crippen LogP contribution in [0.1, 0.15) is 11.1 Å². The molecule has 2 rings (SSSR count). The summed E-state index contributed by atoms with van der Waals surface area (Å²) in [6.45, 7) is 1.88. The number of rotatable bonds is 4. The molecule has 23 heavy (non-hydrogen) atoms. The first-order chi connectivity index (χ1) is 10.8. The van der Waals surface area contributed by atoms with Crippen LogP contribution in [0, 0.1) is 6.92 Å². The minimum absolute atomic E-state index is 0.0457. The Balaban J connectivity index is 2.04. The summed E-state index contributed by atoms with van der Waals surface area (Å²) in [5, 5.41) is 2.84. The minimum atomic E-state index is -4.60. The monoisotopic (exact) mass is 360 g/mol. The van der Waals surface area contributed by atoms with E-state index >= 15 is 0 Å². The molecule has 0 aliphatic carbocycles. The molecule has 0 saturated carbocycles. The van der Waals surface area contributed by atoms with Gasteiger partial charge >= 0.3 is 6.18 Å². The zero-order valence-corrected chi connectivity index (χ0v) is 13.5. The van der Waals surface area contributed by atoms with Gasteiger partial charge in [0, 0.05) is 11.2 Å². The van der Waals surface area contributed by atoms with E-state index in [1.807, 2.05) is 13.0 Å². The van der Waals surface area contributed by atoms with Crippen LogP contribution in [0.5, 0.6) is 0 Å². The van der Waals surface area contributed by atoms with Gasteiger partial charge in [-0.25, -0.2) is 4.98 Å². The van der Waals surface area contributed by atoms with E-state index in [2.05, 4.69) is 10.3 Å². The average molecular weight is 361 g/mol. The van der Waals surface area contributed by atoms with Gasteiger partial charge in [-0.1, -0.05) is 29.4 Å². The summed E-state index contributed by atoms with van der Waals surface area (Å²) in [4.78, 5) is 16.0. The van der Waals surface area contributed by atoms with Gasteiger partial charge in [0.15, 0.2) is 0 Å². The maximum Gasteiger partial charge on any atom is 0.418 e. The molecule has 1 aromatic carbocycles. The van der Waals surface area contributed by atoms with E-state index in [0.29, 0.717) is 5.03 Å². The fraction of sp³-hybridized carbons (Fsp3) is 0.200. The van der Waals surface area contributed by atoms with Gasteiger partial charge in [-0.15, -0.1) is 0 Å². The summed E-state index contributed by atoms with van der Waals surface area (Å²) in [7, 11) is 0. The number of hydrogen-bond acceptors (Lipinski definition) is 3. The normalized spacial score (nSPS) is 11.3. The number of amides is 1. The standard InChI is InChI=1S/C15H12ClF3N2OS/c1-9-2-5-14(20-7-9)23-8-13(22)21-12-4-3-10(16)6-11(12)15(17,18)19/h2-7H,8H2,1H3,(H,21,22). The lowest BCUT2D eigenvalue weighted by Crippen LogP contribution is -2.18. The van der Waals surface area contributed by atoms with E-state index in [4.69, 9.17) is 11.6 Å². The zero-order valence-electron chi connectivity index (χ0n) is 11.9. The number of aryl methyl sites for hydroxylation is 1. The topological polar surface area (TPSA) is 42.0 Å². The van der Waals surface area contributed by atoms with Crippen LogP contribution in [0.25, 0.3) is 0 Å². The van der Waals surface area contributed by atoms with Crippen molar-refractivity contribution in [1.29, 1.82) is 0 Å². The van der Waals surface area contributed by atoms with Crippen LogP contribution in [-0.4, -0.2) is 16.6 Å². The Morgan fingerprint density at radius 3 is 2.65 bits per heavy atom. The molecule has 122 valence electrons. The summed E-state index contributed by atoms with van der Waals surface area (Å²) in [5.74, 6) is -0.596. The van der Waals surface area contributed by atoms with Crippen molar-refractivity contribution in [2.24, 2.45) is 0 Å². The molecule has 1 N–H and O–H groups in total. The number of nitrogens with zero attached hydrogens (tertiary/aromatic N) is 1. The Bertz CT molecular complexity index is 705. The Kier molecular flexibility index (Phi) is 5.54. The third-order valence-corrected chi connectivity index (χ3v) is 3.98. The molecule has 2 aromatic rings. The SMILES string of the molecule is Cc1ccc(SCC(=O)Nc2ccc(Cl)cc2C(F)(F)F)nc1. The van der Waals surface area contributed by atoms with E-state index in [1.165, 1.54) is 6.07 Å². The van der Waals surface area contributed by atoms with Crippen molar-refractivity contribution < 1.29 is 18.0 Å². The molecule has 0 aliphatic rings. The molecule has 0 aliphatic heterocycles. The van der Waals surface area contributed by atoms with Crippen molar-refractivity contribution >= 4 is 35.0 Å². The average Bonchev–Trinajstić information content (AvgIpc) is 2.47. The summed E-state index contributed by atoms with van der Waals surface area (Å²) < 4.78 is 38.8. The summed E-state index contributed by atoms with van der Waals surface area (Å²) >= 11 is 6.73. The van der Waals surface area contributed by atoms with Crippen LogP contribution in [0.2, 0.25) is 5.02 Å². The van der Waals surface area contributed by atoms with Crippen molar-refractivity contribution in [3.63, 3.8) is 0 Å². The van der Waals surface area contributed by atoms with Gasteiger partial charge in [0.2, 0.25) is 5.91 Å². The third kappa shape index (κ3) is 5.14. The second kappa shape index (κ2) is 7.23. The number of anilines is 1. The molecule has 1 amide bonds. The van der Waals surface area contributed by atoms with E-state index < -0.39 is 17.6 Å². The molecule has 0 radical (unpaired) electrons. The highest BCUT2D eigenvalue weighted by atomic mass is 35.5. The van der Waals surface area contributed by atoms with Crippen LogP contribution in [0.4, 0.5) is 18.9 Å². The van der Waals surface area contributed by atoms with E-state index in [9.17, 15) is 18.0 Å². The number of pyridine rings is 1. The largest absolute Gasteiger partial charge is 0.418 e. The minimum Gasteiger partial charge on any atom is -0.325 e. The highest BCUT2D eigenvalue weighted by Gasteiger charge is 2.34. The first-order valence-electron chi connectivity index (χ1n) is 6.48. The zero-order chi connectivity index (χ0) is 17.0. The van der Waals surface area contributed by atoms with Crippen LogP contribution in [0.15, 0.2) is 41.6 Å². The van der Waals surface area contributed by atoms with Crippen molar-refractivity contribution in [1.82, 2.24) is 4.98 Å². The lowest BCUT2D eigenvalue weighted by atomic mass is 10.1. The van der Waals surface area contributed by atoms with Gasteiger partial charge in [-0.05, 0) is 36.8 Å². The smallest absolute Gasteiger partial charge is 0.325 e. The summed E-state index contributed by atoms with van der Waals surface area (Å²) in [6, 6.07) is 6.80. The lowest BCUT2D eigenvalue weighted by molar-refractivity contribution is -0.137. The molecule has 0 saturated heterocycles. The first-order valence-corrected chi connectivity index (χ1v) is 7.84. The van der Waals surface area contributed by atoms with Crippen molar-refractivity contribution in [3.8, 4) is 0 Å². The molecule has 0 bridgehead atoms. The van der Waals surface area contributed by atoms with E-state index in [0.717, 1.165) is 29.5 Å². The van der Waals surface area contributed by atoms with Crippen molar-refractivity contribution in [2.75, 3.05) is 11.1 Å². The Morgan fingerprint density at radius 2 is 2.04 bits per heavy atom. The number of nitrogens with one attached hydrogen (secondary N) is 1. The van der Waals surface area contributed by atoms with E-state index in [-0.39, 0.29) is 16.5 Å². The molecule has 3 nitrogen and oxygen atoms in total. The van der Waals surface area contributed by atoms with Crippen LogP contribution < -0.4 is 5.32 Å². The predicted molar refractivity (Wildman–Crippen MR) is 84.8 cm³/mol. The van der Waals surface area contributed by atoms with Gasteiger partial charge in [-0.3, -0.25) is 4.79 Å². The fourth-order valence-corrected chi connectivity index (χ4v) is 2.54. The number of benzene rings is 1. The molecule has 8 heteroatoms. The number of carbonyl (C=O) groups excluding carboxylic acids is 1. The van der Waals surface area contributed by atoms with Gasteiger partial charge < -0.3 is 5.32 Å². The fourth-order valence-electron chi connectivity index (χ4n) is 1.73. The van der Waals surface area contributed by atoms with Crippen molar-refractivity contribution in [2.45, 2.75) is 18.1 Å². The second-order valence-electron chi connectivity index (χ2n) is 4.70. The van der Waals surface area contributed by atoms with Gasteiger partial charge in [0.1, 0.15) is 0 Å². The molecular formula is C15H12ClF3N2OS. The molecule has 0 spiro atoms. The number of aromatic nitrogens is 1. The highest BCUT2D eigenvalue weighted by Crippen LogP contribution is 2.36. The number of hydrogen-bond donors (Lipinski definition) is 1. The number of alkyl halides is 3. The predicted octanol–water partition coefficient (Wildman–Crippen LogP) is 4.79. The molecule has 1 heterocycles. The Labute approximate surface area is 140 Å². The number of thioether (sulfide) groups is 1. The lowest BCUT2D eigenvalue weighted by Gasteiger charge is -2.14. The van der Waals surface area contributed by atoms with Gasteiger partial charge in [0.25, 0.3) is 0 Å². The summed E-state index contributed by atoms with van der Waals surface area (Å²) in [6.07, 6.45) is -2.94. The number of halogens is 4. The third-order valence-electron chi connectivity index (χ3n) is 2.80. The van der Waals surface area contributed by atoms with Crippen molar-refractivity contribution in [3.05, 3.63) is 52.7 Å². The molecule has 0 unspecified atom stereocenters. The van der Waals surface area contributed by atoms with Crippen LogP contribution in [-0.2, 0) is 11.0 Å². The van der Waals surface area contributed by atoms with Crippen LogP contribution >= 0.6 is 23.4 Å². The van der Waals surface area contributed by atoms with Gasteiger partial charge in [-0.2, -0.15) is 13.2 Å². The maximum absolute atomic E-state index is 12.9. The van der Waals surface area contributed by atoms with Gasteiger partial charge in [0.05, 0.1) is 22.0 Å². The Hall–Kier alpha value is -1.73. The second-order valence-corrected chi connectivity index (χ2v) is 6.13. The summed E-state index contributed by atoms with van der Waals surface area (Å²) in [5.41, 5.74) is -0.309. The number of carbonyl (C=O) groups is 1. The maximum atomic E-state index is 12.9. The molecule has 1 aromatic heterocycles. The molecule has 0 atom stereocenters. The van der Waals surface area contributed by atoms with Crippen LogP contribution in [0.3, 0.4) is 0 Å². The first kappa shape index (κ1) is 17.6.